The van der Waals surface area contributed by atoms with Gasteiger partial charge in [-0.3, -0.25) is 0 Å². The molecule has 8 heteroatoms. The fourth-order valence-electron chi connectivity index (χ4n) is 5.18. The molecule has 0 radical (unpaired) electrons. The largest absolute Gasteiger partial charge is 0.453 e. The van der Waals surface area contributed by atoms with Crippen molar-refractivity contribution >= 4 is 28.6 Å². The maximum Gasteiger partial charge on any atom is 0.349 e. The second kappa shape index (κ2) is 8.33. The molecule has 3 saturated heterocycles. The van der Waals surface area contributed by atoms with E-state index < -0.39 is 23.2 Å². The van der Waals surface area contributed by atoms with Crippen LogP contribution in [0, 0.1) is 17.6 Å². The van der Waals surface area contributed by atoms with Crippen molar-refractivity contribution in [3.63, 3.8) is 0 Å². The van der Waals surface area contributed by atoms with Gasteiger partial charge in [0, 0.05) is 30.4 Å². The van der Waals surface area contributed by atoms with Crippen LogP contribution in [-0.2, 0) is 21.7 Å². The summed E-state index contributed by atoms with van der Waals surface area (Å²) in [7, 11) is 0. The Morgan fingerprint density at radius 2 is 1.66 bits per heavy atom. The van der Waals surface area contributed by atoms with E-state index in [0.29, 0.717) is 32.9 Å². The fraction of sp³-hybridized carbons (Fsp3) is 0.375. The molecule has 2 aromatic heterocycles. The Labute approximate surface area is 193 Å². The first kappa shape index (κ1) is 21.7. The quantitative estimate of drug-likeness (QED) is 0.415. The average molecular weight is 477 g/mol. The molecule has 0 aliphatic carbocycles. The van der Waals surface area contributed by atoms with Gasteiger partial charge in [-0.2, -0.15) is 0 Å². The maximum absolute atomic E-state index is 13.7. The highest BCUT2D eigenvalue weighted by Gasteiger charge is 2.51. The molecule has 1 atom stereocenters. The predicted molar refractivity (Wildman–Crippen MR) is 119 cm³/mol. The Bertz CT molecular complexity index is 1040. The van der Waals surface area contributed by atoms with Crippen molar-refractivity contribution in [2.45, 2.75) is 31.1 Å². The normalized spacial score (nSPS) is 25.1. The second-order valence-electron chi connectivity index (χ2n) is 8.85. The minimum atomic E-state index is -1.83. The highest BCUT2D eigenvalue weighted by atomic mass is 32.1. The summed E-state index contributed by atoms with van der Waals surface area (Å²) in [5.74, 6) is -1.58. The van der Waals surface area contributed by atoms with Crippen molar-refractivity contribution in [3.8, 4) is 0 Å². The third-order valence-corrected chi connectivity index (χ3v) is 8.75. The number of benzene rings is 1. The summed E-state index contributed by atoms with van der Waals surface area (Å²) in [6.07, 6.45) is 1.42. The van der Waals surface area contributed by atoms with Crippen LogP contribution in [0.25, 0.3) is 0 Å². The summed E-state index contributed by atoms with van der Waals surface area (Å²) in [4.78, 5) is 14.5. The lowest BCUT2D eigenvalue weighted by molar-refractivity contribution is -0.958. The molecule has 6 rings (SSSR count). The van der Waals surface area contributed by atoms with Crippen LogP contribution < -0.4 is 0 Å². The van der Waals surface area contributed by atoms with Gasteiger partial charge in [0.15, 0.2) is 6.10 Å². The minimum Gasteiger partial charge on any atom is -0.453 e. The van der Waals surface area contributed by atoms with Gasteiger partial charge >= 0.3 is 5.97 Å². The molecule has 3 aliphatic rings. The monoisotopic (exact) mass is 476 g/mol. The third-order valence-electron chi connectivity index (χ3n) is 6.79. The molecular weight excluding hydrogens is 452 g/mol. The number of quaternary nitrogens is 1. The Morgan fingerprint density at radius 3 is 2.19 bits per heavy atom. The van der Waals surface area contributed by atoms with Crippen LogP contribution in [0.3, 0.4) is 0 Å². The molecule has 2 bridgehead atoms. The molecule has 1 aromatic carbocycles. The summed E-state index contributed by atoms with van der Waals surface area (Å²) < 4.78 is 34.1. The second-order valence-corrected chi connectivity index (χ2v) is 10.7. The van der Waals surface area contributed by atoms with Crippen molar-refractivity contribution in [2.24, 2.45) is 5.92 Å². The number of carbonyl (C=O) groups excluding carboxylic acids is 1. The van der Waals surface area contributed by atoms with E-state index in [4.69, 9.17) is 4.74 Å². The first-order valence-corrected chi connectivity index (χ1v) is 12.5. The Morgan fingerprint density at radius 1 is 1.06 bits per heavy atom. The lowest BCUT2D eigenvalue weighted by Crippen LogP contribution is -2.64. The number of hydrogen-bond donors (Lipinski definition) is 1. The van der Waals surface area contributed by atoms with Crippen LogP contribution in [0.15, 0.2) is 53.2 Å². The first-order valence-electron chi connectivity index (χ1n) is 10.7. The number of halogens is 2. The van der Waals surface area contributed by atoms with Crippen LogP contribution >= 0.6 is 22.7 Å². The van der Waals surface area contributed by atoms with Crippen LogP contribution in [0.4, 0.5) is 8.78 Å². The summed E-state index contributed by atoms with van der Waals surface area (Å²) in [6.45, 7) is 2.85. The van der Waals surface area contributed by atoms with E-state index in [9.17, 15) is 18.7 Å². The maximum atomic E-state index is 13.7. The van der Waals surface area contributed by atoms with Crippen molar-refractivity contribution in [3.05, 3.63) is 80.2 Å². The molecule has 3 aromatic rings. The lowest BCUT2D eigenvalue weighted by atomic mass is 9.82. The lowest BCUT2D eigenvalue weighted by Gasteiger charge is -2.52. The molecule has 4 nitrogen and oxygen atoms in total. The zero-order valence-corrected chi connectivity index (χ0v) is 19.0. The van der Waals surface area contributed by atoms with Gasteiger partial charge in [0.25, 0.3) is 0 Å². The predicted octanol–water partition coefficient (Wildman–Crippen LogP) is 4.68. The Hall–Kier alpha value is -2.13. The average Bonchev–Trinajstić information content (AvgIpc) is 3.48. The molecule has 0 saturated carbocycles. The van der Waals surface area contributed by atoms with Gasteiger partial charge in [0.2, 0.25) is 5.60 Å². The van der Waals surface area contributed by atoms with Gasteiger partial charge in [-0.1, -0.05) is 12.1 Å². The molecule has 168 valence electrons. The van der Waals surface area contributed by atoms with Gasteiger partial charge in [0.1, 0.15) is 24.7 Å². The van der Waals surface area contributed by atoms with Gasteiger partial charge in [-0.15, -0.1) is 22.7 Å². The summed E-state index contributed by atoms with van der Waals surface area (Å²) in [5.41, 5.74) is -1.22. The number of hydrogen-bond acceptors (Lipinski definition) is 5. The first-order chi connectivity index (χ1) is 15.4. The number of fused-ring (bicyclic) bond motifs is 3. The van der Waals surface area contributed by atoms with E-state index >= 15 is 0 Å². The van der Waals surface area contributed by atoms with Gasteiger partial charge in [-0.25, -0.2) is 13.6 Å². The molecule has 5 heterocycles. The number of ether oxygens (including phenoxy) is 1. The molecule has 0 amide bonds. The number of piperidine rings is 3. The van der Waals surface area contributed by atoms with E-state index in [1.165, 1.54) is 34.8 Å². The summed E-state index contributed by atoms with van der Waals surface area (Å²) in [6, 6.07) is 10.7. The minimum absolute atomic E-state index is 0.235. The van der Waals surface area contributed by atoms with Crippen LogP contribution in [-0.4, -0.2) is 41.3 Å². The van der Waals surface area contributed by atoms with Crippen molar-refractivity contribution in [2.75, 3.05) is 19.6 Å². The standard InChI is InChI=1S/C24H24F2NO3S2/c25-18-11-16(12-19(26)13-18)14-27-7-5-17(6-8-27)20(15-27)30-23(28)24(29,21-3-1-9-31-21)22-4-2-10-32-22/h1-4,9-13,17,20,29H,5-8,14-15H2/q+1/t17?,20-,27?/m0/s1. The van der Waals surface area contributed by atoms with Crippen LogP contribution in [0.5, 0.6) is 0 Å². The zero-order valence-electron chi connectivity index (χ0n) is 17.4. The highest BCUT2D eigenvalue weighted by Crippen LogP contribution is 2.41. The molecule has 32 heavy (non-hydrogen) atoms. The van der Waals surface area contributed by atoms with Crippen molar-refractivity contribution in [1.29, 1.82) is 0 Å². The highest BCUT2D eigenvalue weighted by molar-refractivity contribution is 7.12. The Balaban J connectivity index is 1.38. The molecule has 1 N–H and O–H groups in total. The fourth-order valence-corrected chi connectivity index (χ4v) is 6.89. The van der Waals surface area contributed by atoms with Crippen molar-refractivity contribution < 1.29 is 27.9 Å². The topological polar surface area (TPSA) is 46.5 Å². The van der Waals surface area contributed by atoms with Gasteiger partial charge < -0.3 is 14.3 Å². The molecule has 3 aliphatic heterocycles. The number of rotatable bonds is 6. The molecular formula is C24H24F2NO3S2+. The number of carbonyl (C=O) groups is 1. The van der Waals surface area contributed by atoms with E-state index in [0.717, 1.165) is 32.0 Å². The van der Waals surface area contributed by atoms with E-state index in [2.05, 4.69) is 0 Å². The third kappa shape index (κ3) is 3.90. The van der Waals surface area contributed by atoms with Crippen molar-refractivity contribution in [1.82, 2.24) is 0 Å². The van der Waals surface area contributed by atoms with Gasteiger partial charge in [-0.05, 0) is 35.0 Å². The SMILES string of the molecule is O=C(O[C@H]1C[N+]2(Cc3cc(F)cc(F)c3)CCC1CC2)C(O)(c1cccs1)c1cccs1. The smallest absolute Gasteiger partial charge is 0.349 e. The summed E-state index contributed by atoms with van der Waals surface area (Å²) in [5, 5.41) is 15.2. The van der Waals surface area contributed by atoms with Crippen LogP contribution in [0.2, 0.25) is 0 Å². The van der Waals surface area contributed by atoms with E-state index in [-0.39, 0.29) is 12.0 Å². The number of thiophene rings is 2. The number of aliphatic hydroxyl groups is 1. The molecule has 0 spiro atoms. The van der Waals surface area contributed by atoms with E-state index in [1.807, 2.05) is 10.8 Å². The van der Waals surface area contributed by atoms with Gasteiger partial charge in [0.05, 0.1) is 22.8 Å². The molecule has 0 unspecified atom stereocenters. The molecule has 3 fully saturated rings. The summed E-state index contributed by atoms with van der Waals surface area (Å²) >= 11 is 2.64. The number of nitrogens with zero attached hydrogens (tertiary/aromatic N) is 1. The Kier molecular flexibility index (Phi) is 5.65. The zero-order chi connectivity index (χ0) is 22.3. The number of esters is 1. The van der Waals surface area contributed by atoms with E-state index in [1.54, 1.807) is 24.3 Å². The van der Waals surface area contributed by atoms with Crippen LogP contribution in [0.1, 0.15) is 28.2 Å².